The summed E-state index contributed by atoms with van der Waals surface area (Å²) in [4.78, 5) is 9.50. The van der Waals surface area contributed by atoms with Crippen LogP contribution in [0, 0.1) is 25.2 Å². The number of nitriles is 1. The van der Waals surface area contributed by atoms with Crippen LogP contribution in [0.4, 0.5) is 0 Å². The molecule has 0 bridgehead atoms. The molecule has 0 spiro atoms. The van der Waals surface area contributed by atoms with Crippen LogP contribution in [0.25, 0.3) is 11.1 Å². The average molecular weight is 705 g/mol. The molecule has 0 saturated carbocycles. The molecule has 6 rings (SSSR count). The monoisotopic (exact) mass is 704 g/mol. The van der Waals surface area contributed by atoms with Gasteiger partial charge < -0.3 is 0 Å². The molecule has 1 aromatic heterocycles. The summed E-state index contributed by atoms with van der Waals surface area (Å²) in [7, 11) is 0. The first-order chi connectivity index (χ1) is 25.0. The lowest BCUT2D eigenvalue weighted by Gasteiger charge is -2.28. The molecule has 2 aliphatic rings. The van der Waals surface area contributed by atoms with Crippen molar-refractivity contribution < 1.29 is 0 Å². The van der Waals surface area contributed by atoms with Crippen LogP contribution in [0.3, 0.4) is 0 Å². The predicted octanol–water partition coefficient (Wildman–Crippen LogP) is 11.5. The van der Waals surface area contributed by atoms with Crippen LogP contribution in [-0.4, -0.2) is 41.0 Å². The molecule has 2 aliphatic heterocycles. The minimum absolute atomic E-state index is 0.620. The minimum Gasteiger partial charge on any atom is -0.299 e. The van der Waals surface area contributed by atoms with Crippen molar-refractivity contribution >= 4 is 11.6 Å². The number of likely N-dealkylation sites (tertiary alicyclic amines) is 2. The van der Waals surface area contributed by atoms with Crippen molar-refractivity contribution in [3.63, 3.8) is 0 Å². The van der Waals surface area contributed by atoms with Crippen molar-refractivity contribution in [2.45, 2.75) is 119 Å². The second kappa shape index (κ2) is 21.1. The number of hydrogen-bond donors (Lipinski definition) is 0. The van der Waals surface area contributed by atoms with Gasteiger partial charge in [-0.1, -0.05) is 94.6 Å². The summed E-state index contributed by atoms with van der Waals surface area (Å²) in [5, 5.41) is 10.2. The molecule has 4 aromatic rings. The van der Waals surface area contributed by atoms with E-state index in [1.54, 1.807) is 6.20 Å². The van der Waals surface area contributed by atoms with Crippen LogP contribution >= 0.6 is 11.6 Å². The summed E-state index contributed by atoms with van der Waals surface area (Å²) in [5.41, 5.74) is 14.0. The highest BCUT2D eigenvalue weighted by molar-refractivity contribution is 6.31. The lowest BCUT2D eigenvalue weighted by molar-refractivity contribution is 0.220. The molecule has 0 atom stereocenters. The highest BCUT2D eigenvalue weighted by atomic mass is 35.5. The van der Waals surface area contributed by atoms with E-state index < -0.39 is 0 Å². The lowest BCUT2D eigenvalue weighted by Crippen LogP contribution is -2.29. The smallest absolute Gasteiger partial charge is 0.101 e. The van der Waals surface area contributed by atoms with E-state index in [1.807, 2.05) is 40.0 Å². The van der Waals surface area contributed by atoms with Gasteiger partial charge in [0.2, 0.25) is 0 Å². The zero-order chi connectivity index (χ0) is 36.6. The molecule has 0 unspecified atom stereocenters. The van der Waals surface area contributed by atoms with E-state index in [9.17, 15) is 5.26 Å². The highest BCUT2D eigenvalue weighted by Crippen LogP contribution is 2.33. The second-order valence-electron chi connectivity index (χ2n) is 13.8. The fourth-order valence-corrected chi connectivity index (χ4v) is 7.91. The SMILES string of the molecule is CC.CC.Cc1c(CCc2cc(CCc3cncc(C#N)c3)c(CN3CCCCC3)cc2Cl)cccc1-c1cccc(CN2CCCCC2)c1C. The molecule has 5 heteroatoms. The number of hydrogen-bond acceptors (Lipinski definition) is 4. The summed E-state index contributed by atoms with van der Waals surface area (Å²) in [5.74, 6) is 0. The molecule has 51 heavy (non-hydrogen) atoms. The van der Waals surface area contributed by atoms with E-state index >= 15 is 0 Å². The third-order valence-corrected chi connectivity index (χ3v) is 10.9. The molecule has 272 valence electrons. The van der Waals surface area contributed by atoms with Crippen LogP contribution in [0.15, 0.2) is 67.0 Å². The maximum atomic E-state index is 9.37. The van der Waals surface area contributed by atoms with Gasteiger partial charge in [0.1, 0.15) is 6.07 Å². The van der Waals surface area contributed by atoms with E-state index in [0.29, 0.717) is 5.56 Å². The van der Waals surface area contributed by atoms with Gasteiger partial charge in [-0.2, -0.15) is 5.26 Å². The van der Waals surface area contributed by atoms with Crippen molar-refractivity contribution in [3.05, 3.63) is 122 Å². The Morgan fingerprint density at radius 3 is 1.75 bits per heavy atom. The Kier molecular flexibility index (Phi) is 16.7. The third-order valence-electron chi connectivity index (χ3n) is 10.5. The molecule has 0 aliphatic carbocycles. The number of piperidine rings is 2. The highest BCUT2D eigenvalue weighted by Gasteiger charge is 2.18. The molecule has 2 saturated heterocycles. The molecule has 0 radical (unpaired) electrons. The number of aryl methyl sites for hydroxylation is 4. The van der Waals surface area contributed by atoms with Gasteiger partial charge in [-0.25, -0.2) is 0 Å². The lowest BCUT2D eigenvalue weighted by atomic mass is 9.89. The summed E-state index contributed by atoms with van der Waals surface area (Å²) in [6.45, 7) is 19.3. The predicted molar refractivity (Wildman–Crippen MR) is 218 cm³/mol. The van der Waals surface area contributed by atoms with Gasteiger partial charge in [0.15, 0.2) is 0 Å². The van der Waals surface area contributed by atoms with Gasteiger partial charge in [0.05, 0.1) is 5.56 Å². The van der Waals surface area contributed by atoms with Gasteiger partial charge >= 0.3 is 0 Å². The molecular weight excluding hydrogens is 644 g/mol. The third kappa shape index (κ3) is 11.2. The van der Waals surface area contributed by atoms with Crippen molar-refractivity contribution in [3.8, 4) is 17.2 Å². The van der Waals surface area contributed by atoms with Crippen LogP contribution in [-0.2, 0) is 38.8 Å². The molecule has 4 nitrogen and oxygen atoms in total. The minimum atomic E-state index is 0.620. The quantitative estimate of drug-likeness (QED) is 0.156. The number of halogens is 1. The van der Waals surface area contributed by atoms with Crippen molar-refractivity contribution in [2.24, 2.45) is 0 Å². The normalized spacial score (nSPS) is 14.9. The van der Waals surface area contributed by atoms with Crippen molar-refractivity contribution in [2.75, 3.05) is 26.2 Å². The van der Waals surface area contributed by atoms with Crippen LogP contribution in [0.5, 0.6) is 0 Å². The Morgan fingerprint density at radius 1 is 0.608 bits per heavy atom. The van der Waals surface area contributed by atoms with Crippen LogP contribution < -0.4 is 0 Å². The van der Waals surface area contributed by atoms with Gasteiger partial charge in [0.25, 0.3) is 0 Å². The Bertz CT molecular complexity index is 1710. The Hall–Kier alpha value is -3.49. The van der Waals surface area contributed by atoms with E-state index in [0.717, 1.165) is 62.4 Å². The summed E-state index contributed by atoms with van der Waals surface area (Å²) >= 11 is 7.06. The Balaban J connectivity index is 0.00000141. The Labute approximate surface area is 314 Å². The van der Waals surface area contributed by atoms with Crippen molar-refractivity contribution in [1.29, 1.82) is 5.26 Å². The van der Waals surface area contributed by atoms with Crippen molar-refractivity contribution in [1.82, 2.24) is 14.8 Å². The summed E-state index contributed by atoms with van der Waals surface area (Å²) < 4.78 is 0. The molecule has 3 heterocycles. The zero-order valence-corrected chi connectivity index (χ0v) is 33.1. The van der Waals surface area contributed by atoms with Gasteiger partial charge in [-0.15, -0.1) is 0 Å². The van der Waals surface area contributed by atoms with E-state index in [-0.39, 0.29) is 0 Å². The van der Waals surface area contributed by atoms with Crippen LogP contribution in [0.1, 0.15) is 116 Å². The summed E-state index contributed by atoms with van der Waals surface area (Å²) in [6.07, 6.45) is 15.0. The van der Waals surface area contributed by atoms with E-state index in [4.69, 9.17) is 11.6 Å². The van der Waals surface area contributed by atoms with Gasteiger partial charge in [-0.3, -0.25) is 14.8 Å². The van der Waals surface area contributed by atoms with E-state index in [2.05, 4.69) is 83.2 Å². The maximum Gasteiger partial charge on any atom is 0.101 e. The molecule has 0 N–H and O–H groups in total. The van der Waals surface area contributed by atoms with Crippen LogP contribution in [0.2, 0.25) is 5.02 Å². The molecule has 3 aromatic carbocycles. The summed E-state index contributed by atoms with van der Waals surface area (Å²) in [6, 6.07) is 22.5. The molecule has 2 fully saturated rings. The largest absolute Gasteiger partial charge is 0.299 e. The first kappa shape index (κ1) is 40.3. The number of benzene rings is 3. The van der Waals surface area contributed by atoms with Gasteiger partial charge in [-0.05, 0) is 159 Å². The van der Waals surface area contributed by atoms with E-state index in [1.165, 1.54) is 102 Å². The standard InChI is InChI=1S/C42H49ClN4.2C2H6/c1-31-35(11-9-13-40(31)41-14-10-12-38(32(41)2)29-46-19-5-3-6-20-46)17-18-37-24-36(16-15-33-23-34(26-44)28-45-27-33)39(25-42(37)43)30-47-21-7-4-8-22-47;2*1-2/h9-14,23-25,27-28H,3-8,15-22,29-30H2,1-2H3;2*1-2H3. The van der Waals surface area contributed by atoms with Gasteiger partial charge in [0, 0.05) is 30.5 Å². The topological polar surface area (TPSA) is 43.2 Å². The second-order valence-corrected chi connectivity index (χ2v) is 14.2. The number of aromatic nitrogens is 1. The molecule has 0 amide bonds. The Morgan fingerprint density at radius 2 is 1.14 bits per heavy atom. The average Bonchev–Trinajstić information content (AvgIpc) is 3.18. The number of nitrogens with zero attached hydrogens (tertiary/aromatic N) is 4. The molecular formula is C46H61ClN4. The first-order valence-electron chi connectivity index (χ1n) is 19.7. The zero-order valence-electron chi connectivity index (χ0n) is 32.3. The number of rotatable bonds is 11. The first-order valence-corrected chi connectivity index (χ1v) is 20.1. The maximum absolute atomic E-state index is 9.37. The fourth-order valence-electron chi connectivity index (χ4n) is 7.63. The fraction of sp³-hybridized carbons (Fsp3) is 0.478. The number of pyridine rings is 1.